The molecule has 1 saturated carbocycles. The van der Waals surface area contributed by atoms with Gasteiger partial charge < -0.3 is 5.32 Å². The third kappa shape index (κ3) is 2.40. The lowest BCUT2D eigenvalue weighted by molar-refractivity contribution is 0.447. The molecule has 84 valence electrons. The van der Waals surface area contributed by atoms with E-state index >= 15 is 0 Å². The molecule has 3 heteroatoms. The van der Waals surface area contributed by atoms with E-state index in [4.69, 9.17) is 0 Å². The van der Waals surface area contributed by atoms with Crippen molar-refractivity contribution in [3.63, 3.8) is 0 Å². The van der Waals surface area contributed by atoms with E-state index in [9.17, 15) is 0 Å². The highest BCUT2D eigenvalue weighted by Crippen LogP contribution is 2.41. The summed E-state index contributed by atoms with van der Waals surface area (Å²) in [4.78, 5) is 0. The van der Waals surface area contributed by atoms with Gasteiger partial charge in [-0.2, -0.15) is 5.10 Å². The molecule has 0 saturated heterocycles. The van der Waals surface area contributed by atoms with Crippen molar-refractivity contribution in [1.29, 1.82) is 0 Å². The van der Waals surface area contributed by atoms with Crippen molar-refractivity contribution >= 4 is 0 Å². The van der Waals surface area contributed by atoms with Crippen LogP contribution < -0.4 is 5.32 Å². The topological polar surface area (TPSA) is 29.9 Å². The van der Waals surface area contributed by atoms with E-state index in [0.717, 1.165) is 18.3 Å². The second-order valence-electron chi connectivity index (χ2n) is 4.76. The molecule has 1 aromatic rings. The van der Waals surface area contributed by atoms with Gasteiger partial charge in [-0.3, -0.25) is 4.68 Å². The molecule has 0 bridgehead atoms. The minimum absolute atomic E-state index is 0.690. The molecule has 0 radical (unpaired) electrons. The molecule has 1 heterocycles. The summed E-state index contributed by atoms with van der Waals surface area (Å²) in [6, 6.07) is 2.80. The van der Waals surface area contributed by atoms with Crippen molar-refractivity contribution in [3.8, 4) is 0 Å². The molecule has 3 unspecified atom stereocenters. The first-order valence-corrected chi connectivity index (χ1v) is 5.86. The number of nitrogens with one attached hydrogen (secondary N) is 1. The lowest BCUT2D eigenvalue weighted by Crippen LogP contribution is -2.28. The predicted molar refractivity (Wildman–Crippen MR) is 61.6 cm³/mol. The van der Waals surface area contributed by atoms with Crippen LogP contribution >= 0.6 is 0 Å². The molecule has 15 heavy (non-hydrogen) atoms. The lowest BCUT2D eigenvalue weighted by Gasteiger charge is -2.15. The standard InChI is InChI=1S/C12H21N3/c1-9-8-11(9)12(13-2)5-4-10-6-7-14-15(10)3/h6-7,9,11-13H,4-5,8H2,1-3H3. The zero-order chi connectivity index (χ0) is 10.8. The van der Waals surface area contributed by atoms with Crippen molar-refractivity contribution in [1.82, 2.24) is 15.1 Å². The normalized spacial score (nSPS) is 26.6. The summed E-state index contributed by atoms with van der Waals surface area (Å²) in [5, 5.41) is 7.64. The Balaban J connectivity index is 1.84. The Hall–Kier alpha value is -0.830. The van der Waals surface area contributed by atoms with Crippen LogP contribution in [0.3, 0.4) is 0 Å². The maximum absolute atomic E-state index is 4.19. The summed E-state index contributed by atoms with van der Waals surface area (Å²) in [5.74, 6) is 1.83. The van der Waals surface area contributed by atoms with Gasteiger partial charge in [0.25, 0.3) is 0 Å². The Morgan fingerprint density at radius 1 is 1.67 bits per heavy atom. The highest BCUT2D eigenvalue weighted by atomic mass is 15.2. The van der Waals surface area contributed by atoms with Gasteiger partial charge >= 0.3 is 0 Å². The summed E-state index contributed by atoms with van der Waals surface area (Å²) in [6.07, 6.45) is 5.64. The summed E-state index contributed by atoms with van der Waals surface area (Å²) in [5.41, 5.74) is 1.34. The summed E-state index contributed by atoms with van der Waals surface area (Å²) >= 11 is 0. The molecular weight excluding hydrogens is 186 g/mol. The Kier molecular flexibility index (Phi) is 3.10. The van der Waals surface area contributed by atoms with Crippen LogP contribution in [0.2, 0.25) is 0 Å². The molecule has 0 aliphatic heterocycles. The minimum Gasteiger partial charge on any atom is -0.317 e. The van der Waals surface area contributed by atoms with Gasteiger partial charge in [0.2, 0.25) is 0 Å². The molecule has 0 aromatic carbocycles. The van der Waals surface area contributed by atoms with E-state index in [1.807, 2.05) is 17.9 Å². The monoisotopic (exact) mass is 207 g/mol. The molecule has 2 rings (SSSR count). The fraction of sp³-hybridized carbons (Fsp3) is 0.750. The summed E-state index contributed by atoms with van der Waals surface area (Å²) in [6.45, 7) is 2.35. The molecule has 1 aliphatic rings. The average molecular weight is 207 g/mol. The number of nitrogens with zero attached hydrogens (tertiary/aromatic N) is 2. The maximum atomic E-state index is 4.19. The average Bonchev–Trinajstić information content (AvgIpc) is 2.78. The van der Waals surface area contributed by atoms with Crippen molar-refractivity contribution in [3.05, 3.63) is 18.0 Å². The number of hydrogen-bond acceptors (Lipinski definition) is 2. The minimum atomic E-state index is 0.690. The van der Waals surface area contributed by atoms with E-state index in [0.29, 0.717) is 6.04 Å². The van der Waals surface area contributed by atoms with Gasteiger partial charge in [0.05, 0.1) is 0 Å². The van der Waals surface area contributed by atoms with E-state index in [1.54, 1.807) is 0 Å². The maximum Gasteiger partial charge on any atom is 0.0492 e. The van der Waals surface area contributed by atoms with E-state index in [1.165, 1.54) is 18.5 Å². The van der Waals surface area contributed by atoms with Gasteiger partial charge in [0.1, 0.15) is 0 Å². The first-order valence-electron chi connectivity index (χ1n) is 5.86. The third-order valence-electron chi connectivity index (χ3n) is 3.69. The van der Waals surface area contributed by atoms with Gasteiger partial charge in [0, 0.05) is 25.0 Å². The number of hydrogen-bond donors (Lipinski definition) is 1. The molecular formula is C12H21N3. The van der Waals surface area contributed by atoms with Gasteiger partial charge in [-0.15, -0.1) is 0 Å². The van der Waals surface area contributed by atoms with Crippen molar-refractivity contribution in [2.45, 2.75) is 32.2 Å². The van der Waals surface area contributed by atoms with Crippen LogP contribution in [0.25, 0.3) is 0 Å². The molecule has 1 aromatic heterocycles. The van der Waals surface area contributed by atoms with E-state index < -0.39 is 0 Å². The van der Waals surface area contributed by atoms with Crippen LogP contribution in [0.15, 0.2) is 12.3 Å². The molecule has 3 atom stereocenters. The van der Waals surface area contributed by atoms with Gasteiger partial charge in [0.15, 0.2) is 0 Å². The first-order chi connectivity index (χ1) is 7.22. The van der Waals surface area contributed by atoms with E-state index in [2.05, 4.69) is 30.5 Å². The SMILES string of the molecule is CNC(CCc1ccnn1C)C1CC1C. The molecule has 1 aliphatic carbocycles. The molecule has 0 spiro atoms. The third-order valence-corrected chi connectivity index (χ3v) is 3.69. The van der Waals surface area contributed by atoms with Crippen LogP contribution in [0, 0.1) is 11.8 Å². The number of aromatic nitrogens is 2. The number of aryl methyl sites for hydroxylation is 2. The second-order valence-corrected chi connectivity index (χ2v) is 4.76. The first kappa shape index (κ1) is 10.7. The van der Waals surface area contributed by atoms with Crippen LogP contribution in [-0.4, -0.2) is 22.9 Å². The largest absolute Gasteiger partial charge is 0.317 e. The van der Waals surface area contributed by atoms with E-state index in [-0.39, 0.29) is 0 Å². The van der Waals surface area contributed by atoms with Crippen LogP contribution in [0.4, 0.5) is 0 Å². The Morgan fingerprint density at radius 3 is 2.87 bits per heavy atom. The summed E-state index contributed by atoms with van der Waals surface area (Å²) in [7, 11) is 4.10. The molecule has 1 N–H and O–H groups in total. The van der Waals surface area contributed by atoms with Crippen molar-refractivity contribution in [2.75, 3.05) is 7.05 Å². The second kappa shape index (κ2) is 4.35. The molecule has 1 fully saturated rings. The highest BCUT2D eigenvalue weighted by Gasteiger charge is 2.38. The quantitative estimate of drug-likeness (QED) is 0.794. The van der Waals surface area contributed by atoms with Crippen LogP contribution in [-0.2, 0) is 13.5 Å². The fourth-order valence-electron chi connectivity index (χ4n) is 2.43. The fourth-order valence-corrected chi connectivity index (χ4v) is 2.43. The lowest BCUT2D eigenvalue weighted by atomic mass is 10.0. The van der Waals surface area contributed by atoms with Crippen molar-refractivity contribution in [2.24, 2.45) is 18.9 Å². The summed E-state index contributed by atoms with van der Waals surface area (Å²) < 4.78 is 1.98. The highest BCUT2D eigenvalue weighted by molar-refractivity contribution is 5.02. The zero-order valence-electron chi connectivity index (χ0n) is 9.90. The Labute approximate surface area is 91.9 Å². The zero-order valence-corrected chi connectivity index (χ0v) is 9.90. The molecule has 3 nitrogen and oxygen atoms in total. The van der Waals surface area contributed by atoms with Crippen molar-refractivity contribution < 1.29 is 0 Å². The molecule has 0 amide bonds. The number of rotatable bonds is 5. The van der Waals surface area contributed by atoms with Gasteiger partial charge in [-0.1, -0.05) is 6.92 Å². The van der Waals surface area contributed by atoms with Gasteiger partial charge in [-0.05, 0) is 44.2 Å². The predicted octanol–water partition coefficient (Wildman–Crippen LogP) is 1.60. The Bertz CT molecular complexity index is 318. The van der Waals surface area contributed by atoms with Crippen LogP contribution in [0.1, 0.15) is 25.5 Å². The van der Waals surface area contributed by atoms with Gasteiger partial charge in [-0.25, -0.2) is 0 Å². The smallest absolute Gasteiger partial charge is 0.0492 e. The Morgan fingerprint density at radius 2 is 2.40 bits per heavy atom. The van der Waals surface area contributed by atoms with Crippen LogP contribution in [0.5, 0.6) is 0 Å².